The summed E-state index contributed by atoms with van der Waals surface area (Å²) < 4.78 is 130. The molecule has 0 spiro atoms. The van der Waals surface area contributed by atoms with Crippen LogP contribution in [0.25, 0.3) is 43.1 Å². The number of nitrogens with zero attached hydrogens (tertiary/aromatic N) is 6. The summed E-state index contributed by atoms with van der Waals surface area (Å²) in [7, 11) is -18.8. The molecule has 0 unspecified atom stereocenters. The molecular formula is C40H31CrN6O20S4+5. The van der Waals surface area contributed by atoms with Crippen LogP contribution in [-0.2, 0) is 57.8 Å². The second-order valence-corrected chi connectivity index (χ2v) is 20.0. The van der Waals surface area contributed by atoms with Gasteiger partial charge in [0.25, 0.3) is 51.8 Å². The van der Waals surface area contributed by atoms with Gasteiger partial charge in [0.15, 0.2) is 0 Å². The summed E-state index contributed by atoms with van der Waals surface area (Å²) in [6.45, 7) is 0. The summed E-state index contributed by atoms with van der Waals surface area (Å²) in [5.74, 6) is -2.24. The molecule has 0 fully saturated rings. The molecule has 0 aliphatic rings. The minimum absolute atomic E-state index is 0. The van der Waals surface area contributed by atoms with Crippen LogP contribution in [0.1, 0.15) is 7.13 Å². The average molecular weight is 1100 g/mol. The summed E-state index contributed by atoms with van der Waals surface area (Å²) in [6.07, 6.45) is 0. The van der Waals surface area contributed by atoms with Gasteiger partial charge in [-0.15, -0.1) is 20.5 Å². The van der Waals surface area contributed by atoms with E-state index in [1.807, 2.05) is 0 Å². The number of rotatable bonds is 10. The van der Waals surface area contributed by atoms with Gasteiger partial charge in [-0.05, 0) is 59.3 Å². The fourth-order valence-corrected chi connectivity index (χ4v) is 9.30. The van der Waals surface area contributed by atoms with E-state index in [0.717, 1.165) is 60.7 Å². The zero-order valence-corrected chi connectivity index (χ0v) is 39.1. The standard InChI is InChI=1S/2C20H13N3O10S2.Cr/c2*24-16-6-1-10-7-12(34(28,29)30)3-5-13(10)19(16)21-22-20-14-4-2-11(23(26)27)8-15(14)18(9-17(20)25)35(31,32)33;/h2*1-9,24-25H,(H,28,29,30)(H,31,32,33);/p+5. The van der Waals surface area contributed by atoms with Crippen molar-refractivity contribution in [2.75, 3.05) is 0 Å². The summed E-state index contributed by atoms with van der Waals surface area (Å²) in [5, 5.41) is 79.3. The number of hydrogen-bond acceptors (Lipinski definition) is 20. The third-order valence-corrected chi connectivity index (χ3v) is 13.5. The van der Waals surface area contributed by atoms with Crippen LogP contribution in [0.5, 0.6) is 23.0 Å². The van der Waals surface area contributed by atoms with Crippen LogP contribution in [0.15, 0.2) is 149 Å². The van der Waals surface area contributed by atoms with Crippen LogP contribution >= 0.6 is 0 Å². The van der Waals surface area contributed by atoms with Crippen molar-refractivity contribution in [3.8, 4) is 23.0 Å². The molecule has 8 aromatic carbocycles. The second-order valence-electron chi connectivity index (χ2n) is 14.4. The van der Waals surface area contributed by atoms with E-state index in [2.05, 4.69) is 20.5 Å². The summed E-state index contributed by atoms with van der Waals surface area (Å²) >= 11 is 0. The normalized spacial score (nSPS) is 12.3. The maximum atomic E-state index is 11.8. The molecule has 0 aliphatic heterocycles. The molecule has 8 N–H and O–H groups in total. The number of non-ortho nitro benzene ring substituents is 2. The Bertz CT molecular complexity index is 3900. The first-order chi connectivity index (χ1) is 32.5. The Morgan fingerprint density at radius 1 is 0.380 bits per heavy atom. The predicted octanol–water partition coefficient (Wildman–Crippen LogP) is 9.00. The molecule has 26 nitrogen and oxygen atoms in total. The molecule has 31 heteroatoms. The number of aromatic hydroxyl groups is 4. The van der Waals surface area contributed by atoms with Gasteiger partial charge in [-0.3, -0.25) is 38.4 Å². The minimum Gasteiger partial charge on any atom is -0.506 e. The third kappa shape index (κ3) is 10.8. The van der Waals surface area contributed by atoms with E-state index in [1.165, 1.54) is 36.4 Å². The van der Waals surface area contributed by atoms with Crippen molar-refractivity contribution in [3.05, 3.63) is 129 Å². The van der Waals surface area contributed by atoms with Crippen LogP contribution in [0, 0.1) is 20.2 Å². The first-order valence-electron chi connectivity index (χ1n) is 18.7. The quantitative estimate of drug-likeness (QED) is 0.0274. The van der Waals surface area contributed by atoms with Gasteiger partial charge in [-0.25, -0.2) is 0 Å². The van der Waals surface area contributed by atoms with Crippen molar-refractivity contribution in [2.24, 2.45) is 20.5 Å². The maximum Gasteiger partial charge on any atom is 1.00 e. The van der Waals surface area contributed by atoms with Crippen molar-refractivity contribution in [2.45, 2.75) is 19.6 Å². The predicted molar refractivity (Wildman–Crippen MR) is 249 cm³/mol. The van der Waals surface area contributed by atoms with Crippen molar-refractivity contribution in [1.29, 1.82) is 0 Å². The summed E-state index contributed by atoms with van der Waals surface area (Å²) in [4.78, 5) is 18.3. The molecule has 366 valence electrons. The molecule has 8 aromatic rings. The van der Waals surface area contributed by atoms with Gasteiger partial charge in [0.2, 0.25) is 0 Å². The van der Waals surface area contributed by atoms with Crippen LogP contribution in [-0.4, -0.2) is 82.2 Å². The molecule has 0 saturated carbocycles. The van der Waals surface area contributed by atoms with Gasteiger partial charge >= 0.3 is 7.13 Å². The first kappa shape index (κ1) is 52.5. The fraction of sp³-hybridized carbons (Fsp3) is 0. The maximum absolute atomic E-state index is 11.8. The fourth-order valence-electron chi connectivity index (χ4n) is 6.86. The molecule has 0 atom stereocenters. The Labute approximate surface area is 415 Å². The van der Waals surface area contributed by atoms with E-state index in [0.29, 0.717) is 12.1 Å². The molecule has 0 aliphatic carbocycles. The van der Waals surface area contributed by atoms with E-state index < -0.39 is 92.8 Å². The van der Waals surface area contributed by atoms with E-state index in [4.69, 9.17) is 0 Å². The topological polar surface area (TPSA) is 434 Å². The Hall–Kier alpha value is -7.83. The summed E-state index contributed by atoms with van der Waals surface area (Å²) in [5.41, 5.74) is -1.94. The van der Waals surface area contributed by atoms with Gasteiger partial charge in [-0.1, -0.05) is 24.3 Å². The summed E-state index contributed by atoms with van der Waals surface area (Å²) in [6, 6.07) is 19.4. The Kier molecular flexibility index (Phi) is 14.2. The monoisotopic (exact) mass is 1090 g/mol. The van der Waals surface area contributed by atoms with Crippen LogP contribution in [0.4, 0.5) is 34.1 Å². The van der Waals surface area contributed by atoms with E-state index >= 15 is 0 Å². The van der Waals surface area contributed by atoms with E-state index in [9.17, 15) is 92.5 Å². The Morgan fingerprint density at radius 2 is 0.690 bits per heavy atom. The molecule has 71 heavy (non-hydrogen) atoms. The van der Waals surface area contributed by atoms with E-state index in [-0.39, 0.29) is 102 Å². The zero-order chi connectivity index (χ0) is 51.4. The van der Waals surface area contributed by atoms with Crippen molar-refractivity contribution in [3.63, 3.8) is 0 Å². The average Bonchev–Trinajstić information content (AvgIpc) is 3.27. The van der Waals surface area contributed by atoms with Gasteiger partial charge in [0.05, 0.1) is 19.6 Å². The number of hydrogen-bond donors (Lipinski definition) is 8. The van der Waals surface area contributed by atoms with Gasteiger partial charge < -0.3 is 20.4 Å². The molecule has 0 radical (unpaired) electrons. The molecule has 0 saturated heterocycles. The Balaban J connectivity index is 0.000000704. The van der Waals surface area contributed by atoms with Gasteiger partial charge in [0, 0.05) is 86.1 Å². The number of fused-ring (bicyclic) bond motifs is 4. The smallest absolute Gasteiger partial charge is 0.506 e. The first-order valence-corrected chi connectivity index (χ1v) is 24.4. The third-order valence-electron chi connectivity index (χ3n) is 10.0. The molecular weight excluding hydrogens is 1060 g/mol. The number of nitro benzene ring substituents is 2. The molecule has 0 bridgehead atoms. The Morgan fingerprint density at radius 3 is 0.986 bits per heavy atom. The largest absolute Gasteiger partial charge is 1.00 e. The zero-order valence-electron chi connectivity index (χ0n) is 39.6. The molecule has 0 amide bonds. The number of nitro groups is 2. The van der Waals surface area contributed by atoms with Gasteiger partial charge in [0.1, 0.15) is 55.5 Å². The molecule has 0 aromatic heterocycles. The van der Waals surface area contributed by atoms with Crippen LogP contribution < -0.4 is 0 Å². The second kappa shape index (κ2) is 19.2. The van der Waals surface area contributed by atoms with E-state index in [1.54, 1.807) is 0 Å². The number of phenolic OH excluding ortho intramolecular Hbond substituents is 4. The molecule has 0 heterocycles. The number of benzene rings is 8. The van der Waals surface area contributed by atoms with Crippen molar-refractivity contribution >= 4 is 118 Å². The van der Waals surface area contributed by atoms with Crippen molar-refractivity contribution < 1.29 is 107 Å². The number of phenols is 4. The van der Waals surface area contributed by atoms with Crippen molar-refractivity contribution in [1.82, 2.24) is 0 Å². The SMILES string of the molecule is O=[N+]([O-])c1ccc2c(N=Nc3c(O)ccc4cc(S(=O)(=O)O)ccc34)c(O)cc(S(=O)(=O)O)c2c1.O=[N+]([O-])c1ccc2c(N=Nc3c(O)ccc4cc(S(=O)(=O)O)ccc34)c(O)cc(S(=O)(=O)O)c2c1.[Cr].[H+].[H+].[H+].[H+].[H+]. The van der Waals surface area contributed by atoms with Crippen LogP contribution in [0.3, 0.4) is 0 Å². The molecule has 8 rings (SSSR count). The van der Waals surface area contributed by atoms with Gasteiger partial charge in [-0.2, -0.15) is 33.7 Å². The van der Waals surface area contributed by atoms with Crippen LogP contribution in [0.2, 0.25) is 0 Å². The minimum atomic E-state index is -4.89. The number of azo groups is 2.